The monoisotopic (exact) mass is 264 g/mol. The molecule has 2 fully saturated rings. The molecule has 1 aromatic rings. The molecule has 0 saturated heterocycles. The van der Waals surface area contributed by atoms with E-state index in [0.717, 1.165) is 12.8 Å². The van der Waals surface area contributed by atoms with Crippen LogP contribution in [0.4, 0.5) is 0 Å². The molecular formula is C14H16O3S. The van der Waals surface area contributed by atoms with Gasteiger partial charge in [0.05, 0.1) is 10.1 Å². The van der Waals surface area contributed by atoms with Gasteiger partial charge in [-0.25, -0.2) is 8.42 Å². The van der Waals surface area contributed by atoms with Gasteiger partial charge in [0.1, 0.15) is 0 Å². The third-order valence-corrected chi connectivity index (χ3v) is 6.33. The Morgan fingerprint density at radius 1 is 1.33 bits per heavy atom. The van der Waals surface area contributed by atoms with Crippen LogP contribution in [0.15, 0.2) is 29.2 Å². The van der Waals surface area contributed by atoms with E-state index in [4.69, 9.17) is 0 Å². The van der Waals surface area contributed by atoms with E-state index in [2.05, 4.69) is 0 Å². The Labute approximate surface area is 107 Å². The van der Waals surface area contributed by atoms with Gasteiger partial charge in [-0.1, -0.05) is 12.1 Å². The van der Waals surface area contributed by atoms with Gasteiger partial charge in [0.2, 0.25) is 0 Å². The molecule has 0 spiro atoms. The van der Waals surface area contributed by atoms with Crippen LogP contribution in [-0.2, 0) is 9.84 Å². The highest BCUT2D eigenvalue weighted by Gasteiger charge is 2.74. The number of carbonyl (C=O) groups is 1. The lowest BCUT2D eigenvalue weighted by atomic mass is 10.0. The summed E-state index contributed by atoms with van der Waals surface area (Å²) in [6, 6.07) is 6.50. The zero-order chi connectivity index (χ0) is 13.1. The van der Waals surface area contributed by atoms with Crippen molar-refractivity contribution < 1.29 is 13.2 Å². The van der Waals surface area contributed by atoms with E-state index in [9.17, 15) is 13.2 Å². The summed E-state index contributed by atoms with van der Waals surface area (Å²) in [7, 11) is -3.30. The minimum atomic E-state index is -3.30. The van der Waals surface area contributed by atoms with Crippen molar-refractivity contribution in [2.24, 2.45) is 11.3 Å². The maximum atomic E-state index is 12.2. The molecule has 3 rings (SSSR count). The van der Waals surface area contributed by atoms with Gasteiger partial charge in [0.25, 0.3) is 0 Å². The molecule has 0 bridgehead atoms. The molecule has 1 aromatic carbocycles. The second-order valence-corrected chi connectivity index (χ2v) is 8.22. The Hall–Kier alpha value is -1.16. The molecule has 2 aliphatic carbocycles. The van der Waals surface area contributed by atoms with Crippen molar-refractivity contribution in [3.05, 3.63) is 29.8 Å². The molecule has 0 radical (unpaired) electrons. The largest absolute Gasteiger partial charge is 0.294 e. The first kappa shape index (κ1) is 11.9. The second kappa shape index (κ2) is 3.44. The maximum absolute atomic E-state index is 12.2. The summed E-state index contributed by atoms with van der Waals surface area (Å²) in [6.07, 6.45) is 1.99. The normalized spacial score (nSPS) is 28.9. The molecular weight excluding hydrogens is 248 g/mol. The van der Waals surface area contributed by atoms with Crippen LogP contribution >= 0.6 is 0 Å². The van der Waals surface area contributed by atoms with E-state index in [1.807, 2.05) is 0 Å². The van der Waals surface area contributed by atoms with Crippen LogP contribution < -0.4 is 0 Å². The van der Waals surface area contributed by atoms with Crippen LogP contribution in [-0.4, -0.2) is 19.5 Å². The number of Topliss-reactive ketones (excluding diaryl/α,β-unsaturated/α-hetero) is 1. The summed E-state index contributed by atoms with van der Waals surface area (Å²) >= 11 is 0. The van der Waals surface area contributed by atoms with Gasteiger partial charge >= 0.3 is 0 Å². The number of rotatable bonds is 4. The van der Waals surface area contributed by atoms with Crippen LogP contribution in [0.5, 0.6) is 0 Å². The number of ketones is 1. The van der Waals surface area contributed by atoms with Crippen molar-refractivity contribution in [1.29, 1.82) is 0 Å². The van der Waals surface area contributed by atoms with Gasteiger partial charge in [0.15, 0.2) is 15.6 Å². The molecule has 3 nitrogen and oxygen atoms in total. The molecule has 0 heterocycles. The lowest BCUT2D eigenvalue weighted by Crippen LogP contribution is -2.15. The van der Waals surface area contributed by atoms with Crippen molar-refractivity contribution in [2.45, 2.75) is 36.8 Å². The van der Waals surface area contributed by atoms with Crippen LogP contribution in [0, 0.1) is 11.3 Å². The summed E-state index contributed by atoms with van der Waals surface area (Å²) in [6.45, 7) is 3.31. The minimum absolute atomic E-state index is 0.0970. The second-order valence-electron chi connectivity index (χ2n) is 5.71. The molecule has 0 amide bonds. The molecule has 0 N–H and O–H groups in total. The molecule has 18 heavy (non-hydrogen) atoms. The Bertz CT molecular complexity index is 622. The highest BCUT2D eigenvalue weighted by molar-refractivity contribution is 7.92. The van der Waals surface area contributed by atoms with Gasteiger partial charge < -0.3 is 0 Å². The van der Waals surface area contributed by atoms with Crippen molar-refractivity contribution in [3.8, 4) is 0 Å². The summed E-state index contributed by atoms with van der Waals surface area (Å²) in [5, 5.41) is -0.462. The highest BCUT2D eigenvalue weighted by atomic mass is 32.2. The van der Waals surface area contributed by atoms with Crippen molar-refractivity contribution in [2.75, 3.05) is 0 Å². The van der Waals surface area contributed by atoms with Gasteiger partial charge in [0, 0.05) is 11.0 Å². The van der Waals surface area contributed by atoms with Gasteiger partial charge in [-0.3, -0.25) is 4.79 Å². The van der Waals surface area contributed by atoms with Crippen molar-refractivity contribution in [1.82, 2.24) is 0 Å². The first-order chi connectivity index (χ1) is 8.38. The average molecular weight is 264 g/mol. The fraction of sp³-hybridized carbons (Fsp3) is 0.500. The molecule has 0 aromatic heterocycles. The van der Waals surface area contributed by atoms with Crippen LogP contribution in [0.25, 0.3) is 0 Å². The van der Waals surface area contributed by atoms with E-state index in [1.165, 1.54) is 0 Å². The predicted octanol–water partition coefficient (Wildman–Crippen LogP) is 2.46. The Morgan fingerprint density at radius 2 is 1.94 bits per heavy atom. The Balaban J connectivity index is 1.97. The molecule has 0 unspecified atom stereocenters. The first-order valence-electron chi connectivity index (χ1n) is 6.27. The average Bonchev–Trinajstić information content (AvgIpc) is 3.16. The van der Waals surface area contributed by atoms with E-state index in [1.54, 1.807) is 38.1 Å². The standard InChI is InChI=1S/C14H16O3S/c1-9(2)18(16,17)12-5-3-4-10(6-12)13(15)14-7-11(14)8-14/h3-6,9,11H,7-8H2,1-2H3. The number of hydrogen-bond donors (Lipinski definition) is 0. The lowest BCUT2D eigenvalue weighted by Gasteiger charge is -2.09. The minimum Gasteiger partial charge on any atom is -0.294 e. The van der Waals surface area contributed by atoms with E-state index >= 15 is 0 Å². The quantitative estimate of drug-likeness (QED) is 0.785. The number of fused-ring (bicyclic) bond motifs is 1. The van der Waals surface area contributed by atoms with Crippen molar-refractivity contribution in [3.63, 3.8) is 0 Å². The molecule has 96 valence electrons. The molecule has 0 aliphatic heterocycles. The van der Waals surface area contributed by atoms with Gasteiger partial charge in [-0.2, -0.15) is 0 Å². The summed E-state index contributed by atoms with van der Waals surface area (Å²) in [5.74, 6) is 0.712. The number of benzene rings is 1. The zero-order valence-corrected chi connectivity index (χ0v) is 11.3. The van der Waals surface area contributed by atoms with E-state index < -0.39 is 15.1 Å². The molecule has 4 heteroatoms. The Kier molecular flexibility index (Phi) is 2.28. The number of sulfone groups is 1. The van der Waals surface area contributed by atoms with E-state index in [-0.39, 0.29) is 16.1 Å². The predicted molar refractivity (Wildman–Crippen MR) is 68.3 cm³/mol. The smallest absolute Gasteiger partial charge is 0.180 e. The molecule has 0 atom stereocenters. The fourth-order valence-electron chi connectivity index (χ4n) is 2.45. The number of carbonyl (C=O) groups excluding carboxylic acids is 1. The fourth-order valence-corrected chi connectivity index (χ4v) is 3.55. The third-order valence-electron chi connectivity index (χ3n) is 4.18. The van der Waals surface area contributed by atoms with Crippen LogP contribution in [0.2, 0.25) is 0 Å². The van der Waals surface area contributed by atoms with Crippen LogP contribution in [0.3, 0.4) is 0 Å². The summed E-state index contributed by atoms with van der Waals surface area (Å²) < 4.78 is 24.1. The van der Waals surface area contributed by atoms with E-state index in [0.29, 0.717) is 11.5 Å². The lowest BCUT2D eigenvalue weighted by molar-refractivity contribution is 0.0936. The molecule has 2 saturated carbocycles. The highest BCUT2D eigenvalue weighted by Crippen LogP contribution is 2.76. The van der Waals surface area contributed by atoms with Crippen molar-refractivity contribution >= 4 is 15.6 Å². The van der Waals surface area contributed by atoms with Crippen LogP contribution in [0.1, 0.15) is 37.0 Å². The molecule has 2 aliphatic rings. The Morgan fingerprint density at radius 3 is 2.44 bits per heavy atom. The SMILES string of the molecule is CC(C)S(=O)(=O)c1cccc(C(=O)C23CC2C3)c1. The zero-order valence-electron chi connectivity index (χ0n) is 10.5. The topological polar surface area (TPSA) is 51.2 Å². The summed E-state index contributed by atoms with van der Waals surface area (Å²) in [4.78, 5) is 12.5. The van der Waals surface area contributed by atoms with Gasteiger partial charge in [-0.15, -0.1) is 0 Å². The van der Waals surface area contributed by atoms with Gasteiger partial charge in [-0.05, 0) is 44.7 Å². The third kappa shape index (κ3) is 1.55. The maximum Gasteiger partial charge on any atom is 0.180 e. The number of hydrogen-bond acceptors (Lipinski definition) is 3. The summed E-state index contributed by atoms with van der Waals surface area (Å²) in [5.41, 5.74) is 0.456. The first-order valence-corrected chi connectivity index (χ1v) is 7.81.